The monoisotopic (exact) mass is 335 g/mol. The molecular formula is C19H26FNO3. The first-order valence-electron chi connectivity index (χ1n) is 8.85. The van der Waals surface area contributed by atoms with E-state index in [0.717, 1.165) is 24.2 Å². The molecule has 1 N–H and O–H groups in total. The Balaban J connectivity index is 1.52. The van der Waals surface area contributed by atoms with E-state index in [-0.39, 0.29) is 30.3 Å². The Morgan fingerprint density at radius 3 is 2.92 bits per heavy atom. The maximum absolute atomic E-state index is 13.2. The molecule has 0 radical (unpaired) electrons. The van der Waals surface area contributed by atoms with Gasteiger partial charge in [-0.2, -0.15) is 0 Å². The Bertz CT molecular complexity index is 574. The van der Waals surface area contributed by atoms with Crippen LogP contribution in [0.1, 0.15) is 36.8 Å². The molecule has 1 aliphatic carbocycles. The lowest BCUT2D eigenvalue weighted by Crippen LogP contribution is -2.50. The van der Waals surface area contributed by atoms with Crippen molar-refractivity contribution in [3.8, 4) is 0 Å². The van der Waals surface area contributed by atoms with E-state index in [9.17, 15) is 9.18 Å². The van der Waals surface area contributed by atoms with Gasteiger partial charge in [-0.15, -0.1) is 0 Å². The van der Waals surface area contributed by atoms with Crippen LogP contribution in [0.2, 0.25) is 0 Å². The molecule has 0 spiro atoms. The summed E-state index contributed by atoms with van der Waals surface area (Å²) in [5.74, 6) is 0.351. The molecule has 24 heavy (non-hydrogen) atoms. The molecule has 1 saturated carbocycles. The predicted molar refractivity (Wildman–Crippen MR) is 89.3 cm³/mol. The highest BCUT2D eigenvalue weighted by Crippen LogP contribution is 2.27. The third-order valence-electron chi connectivity index (χ3n) is 5.08. The van der Waals surface area contributed by atoms with Crippen LogP contribution in [0.4, 0.5) is 4.39 Å². The molecule has 1 heterocycles. The van der Waals surface area contributed by atoms with E-state index in [2.05, 4.69) is 5.32 Å². The highest BCUT2D eigenvalue weighted by molar-refractivity contribution is 5.79. The minimum Gasteiger partial charge on any atom is -0.379 e. The fourth-order valence-electron chi connectivity index (χ4n) is 3.25. The summed E-state index contributed by atoms with van der Waals surface area (Å²) in [5, 5.41) is 3.08. The molecule has 3 rings (SSSR count). The highest BCUT2D eigenvalue weighted by atomic mass is 19.1. The van der Waals surface area contributed by atoms with Crippen molar-refractivity contribution in [2.45, 2.75) is 51.2 Å². The van der Waals surface area contributed by atoms with Gasteiger partial charge in [-0.1, -0.05) is 12.5 Å². The lowest BCUT2D eigenvalue weighted by molar-refractivity contribution is -0.126. The minimum atomic E-state index is -0.273. The molecule has 0 bridgehead atoms. The molecule has 2 atom stereocenters. The van der Waals surface area contributed by atoms with Gasteiger partial charge < -0.3 is 14.8 Å². The van der Waals surface area contributed by atoms with Gasteiger partial charge in [-0.3, -0.25) is 4.79 Å². The number of amides is 1. The number of halogens is 1. The van der Waals surface area contributed by atoms with E-state index in [4.69, 9.17) is 9.47 Å². The molecule has 1 amide bonds. The van der Waals surface area contributed by atoms with E-state index < -0.39 is 0 Å². The van der Waals surface area contributed by atoms with Crippen LogP contribution in [0.3, 0.4) is 0 Å². The maximum atomic E-state index is 13.2. The first-order chi connectivity index (χ1) is 11.6. The summed E-state index contributed by atoms with van der Waals surface area (Å²) >= 11 is 0. The van der Waals surface area contributed by atoms with Gasteiger partial charge in [-0.05, 0) is 55.4 Å². The van der Waals surface area contributed by atoms with Gasteiger partial charge in [0.15, 0.2) is 0 Å². The van der Waals surface area contributed by atoms with Crippen LogP contribution >= 0.6 is 0 Å². The summed E-state index contributed by atoms with van der Waals surface area (Å²) in [6, 6.07) is 4.53. The number of rotatable bonds is 6. The molecule has 1 aromatic carbocycles. The van der Waals surface area contributed by atoms with Crippen LogP contribution in [0, 0.1) is 18.7 Å². The second kappa shape index (κ2) is 8.08. The SMILES string of the molecule is Cc1cc(F)ccc1CC(=O)N[C@@H]1CCOC[C@H]1OCC1CCC1. The second-order valence-corrected chi connectivity index (χ2v) is 6.95. The molecule has 2 fully saturated rings. The van der Waals surface area contributed by atoms with Gasteiger partial charge in [0.2, 0.25) is 5.91 Å². The van der Waals surface area contributed by atoms with E-state index in [1.807, 2.05) is 6.92 Å². The van der Waals surface area contributed by atoms with E-state index in [1.54, 1.807) is 6.07 Å². The molecular weight excluding hydrogens is 309 g/mol. The van der Waals surface area contributed by atoms with Crippen molar-refractivity contribution in [2.75, 3.05) is 19.8 Å². The van der Waals surface area contributed by atoms with Gasteiger partial charge in [0, 0.05) is 13.2 Å². The molecule has 2 aliphatic rings. The topological polar surface area (TPSA) is 47.6 Å². The average molecular weight is 335 g/mol. The molecule has 0 aromatic heterocycles. The van der Waals surface area contributed by atoms with E-state index in [1.165, 1.54) is 31.4 Å². The molecule has 1 aliphatic heterocycles. The molecule has 1 aromatic rings. The summed E-state index contributed by atoms with van der Waals surface area (Å²) < 4.78 is 24.7. The standard InChI is InChI=1S/C19H26FNO3/c1-13-9-16(20)6-5-15(13)10-19(22)21-17-7-8-23-12-18(17)24-11-14-3-2-4-14/h5-6,9,14,17-18H,2-4,7-8,10-12H2,1H3,(H,21,22)/t17-,18-/m1/s1. The maximum Gasteiger partial charge on any atom is 0.224 e. The van der Waals surface area contributed by atoms with Crippen molar-refractivity contribution in [1.29, 1.82) is 0 Å². The quantitative estimate of drug-likeness (QED) is 0.870. The summed E-state index contributed by atoms with van der Waals surface area (Å²) in [7, 11) is 0. The fourth-order valence-corrected chi connectivity index (χ4v) is 3.25. The number of hydrogen-bond donors (Lipinski definition) is 1. The zero-order valence-electron chi connectivity index (χ0n) is 14.2. The second-order valence-electron chi connectivity index (χ2n) is 6.95. The van der Waals surface area contributed by atoms with Gasteiger partial charge >= 0.3 is 0 Å². The molecule has 0 unspecified atom stereocenters. The molecule has 132 valence electrons. The Kier molecular flexibility index (Phi) is 5.85. The third-order valence-corrected chi connectivity index (χ3v) is 5.08. The van der Waals surface area contributed by atoms with Crippen LogP contribution in [-0.4, -0.2) is 37.9 Å². The number of aryl methyl sites for hydroxylation is 1. The summed E-state index contributed by atoms with van der Waals surface area (Å²) in [4.78, 5) is 12.4. The van der Waals surface area contributed by atoms with E-state index in [0.29, 0.717) is 19.1 Å². The van der Waals surface area contributed by atoms with Crippen LogP contribution in [0.25, 0.3) is 0 Å². The number of ether oxygens (including phenoxy) is 2. The van der Waals surface area contributed by atoms with Gasteiger partial charge in [0.25, 0.3) is 0 Å². The summed E-state index contributed by atoms with van der Waals surface area (Å²) in [6.45, 7) is 3.76. The first-order valence-corrected chi connectivity index (χ1v) is 8.85. The molecule has 4 nitrogen and oxygen atoms in total. The van der Waals surface area contributed by atoms with Crippen molar-refractivity contribution >= 4 is 5.91 Å². The third kappa shape index (κ3) is 4.54. The Morgan fingerprint density at radius 1 is 1.38 bits per heavy atom. The highest BCUT2D eigenvalue weighted by Gasteiger charge is 2.29. The molecule has 5 heteroatoms. The largest absolute Gasteiger partial charge is 0.379 e. The van der Waals surface area contributed by atoms with Crippen molar-refractivity contribution in [1.82, 2.24) is 5.32 Å². The summed E-state index contributed by atoms with van der Waals surface area (Å²) in [5.41, 5.74) is 1.66. The average Bonchev–Trinajstić information content (AvgIpc) is 2.50. The predicted octanol–water partition coefficient (Wildman–Crippen LogP) is 2.77. The van der Waals surface area contributed by atoms with E-state index >= 15 is 0 Å². The van der Waals surface area contributed by atoms with Gasteiger partial charge in [-0.25, -0.2) is 4.39 Å². The molecule has 1 saturated heterocycles. The summed E-state index contributed by atoms with van der Waals surface area (Å²) in [6.07, 6.45) is 4.75. The van der Waals surface area contributed by atoms with Gasteiger partial charge in [0.05, 0.1) is 19.1 Å². The van der Waals surface area contributed by atoms with Crippen molar-refractivity contribution in [3.05, 3.63) is 35.1 Å². The fraction of sp³-hybridized carbons (Fsp3) is 0.632. The van der Waals surface area contributed by atoms with Crippen LogP contribution < -0.4 is 5.32 Å². The number of benzene rings is 1. The lowest BCUT2D eigenvalue weighted by atomic mass is 9.86. The van der Waals surface area contributed by atoms with Crippen LogP contribution in [0.15, 0.2) is 18.2 Å². The number of carbonyl (C=O) groups is 1. The van der Waals surface area contributed by atoms with Gasteiger partial charge in [0.1, 0.15) is 11.9 Å². The number of carbonyl (C=O) groups excluding carboxylic acids is 1. The Labute approximate surface area is 142 Å². The number of hydrogen-bond acceptors (Lipinski definition) is 3. The minimum absolute atomic E-state index is 0.00733. The zero-order chi connectivity index (χ0) is 16.9. The first kappa shape index (κ1) is 17.4. The Morgan fingerprint density at radius 2 is 2.21 bits per heavy atom. The van der Waals surface area contributed by atoms with Crippen molar-refractivity contribution in [2.24, 2.45) is 5.92 Å². The van der Waals surface area contributed by atoms with Crippen LogP contribution in [-0.2, 0) is 20.7 Å². The smallest absolute Gasteiger partial charge is 0.224 e. The van der Waals surface area contributed by atoms with Crippen LogP contribution in [0.5, 0.6) is 0 Å². The van der Waals surface area contributed by atoms with Crippen molar-refractivity contribution < 1.29 is 18.7 Å². The lowest BCUT2D eigenvalue weighted by Gasteiger charge is -2.34. The number of nitrogens with one attached hydrogen (secondary N) is 1. The Hall–Kier alpha value is -1.46. The van der Waals surface area contributed by atoms with Crippen molar-refractivity contribution in [3.63, 3.8) is 0 Å². The normalized spacial score (nSPS) is 24.4. The zero-order valence-corrected chi connectivity index (χ0v) is 14.2.